The van der Waals surface area contributed by atoms with Gasteiger partial charge in [0, 0.05) is 41.7 Å². The number of benzene rings is 1. The van der Waals surface area contributed by atoms with Gasteiger partial charge in [-0.3, -0.25) is 0 Å². The molecule has 1 saturated heterocycles. The van der Waals surface area contributed by atoms with E-state index in [-0.39, 0.29) is 0 Å². The molecule has 0 bridgehead atoms. The molecule has 2 heterocycles. The lowest BCUT2D eigenvalue weighted by atomic mass is 10.2. The molecule has 1 aliphatic rings. The van der Waals surface area contributed by atoms with Gasteiger partial charge < -0.3 is 14.8 Å². The number of aryl methyl sites for hydroxylation is 1. The summed E-state index contributed by atoms with van der Waals surface area (Å²) in [6, 6.07) is 0. The molecule has 0 spiro atoms. The zero-order valence-electron chi connectivity index (χ0n) is 12.0. The molecule has 0 saturated carbocycles. The van der Waals surface area contributed by atoms with Crippen LogP contribution in [-0.4, -0.2) is 35.7 Å². The number of rotatable bonds is 2. The fourth-order valence-electron chi connectivity index (χ4n) is 2.76. The highest BCUT2D eigenvalue weighted by Crippen LogP contribution is 2.41. The number of aromatic nitrogens is 2. The number of nitrogens with one attached hydrogen (secondary N) is 1. The third-order valence-electron chi connectivity index (χ3n) is 3.93. The summed E-state index contributed by atoms with van der Waals surface area (Å²) in [6.45, 7) is 9.18. The van der Waals surface area contributed by atoms with Crippen LogP contribution in [0.2, 0.25) is 0 Å². The van der Waals surface area contributed by atoms with Crippen molar-refractivity contribution in [1.29, 1.82) is 0 Å². The van der Waals surface area contributed by atoms with Crippen molar-refractivity contribution in [2.75, 3.05) is 31.1 Å². The average Bonchev–Trinajstić information content (AvgIpc) is 2.91. The van der Waals surface area contributed by atoms with E-state index in [1.807, 2.05) is 0 Å². The van der Waals surface area contributed by atoms with Gasteiger partial charge in [-0.2, -0.15) is 0 Å². The maximum absolute atomic E-state index is 4.93. The zero-order valence-corrected chi connectivity index (χ0v) is 16.8. The van der Waals surface area contributed by atoms with Gasteiger partial charge in [-0.05, 0) is 67.2 Å². The smallest absolute Gasteiger partial charge is 0.206 e. The van der Waals surface area contributed by atoms with Crippen molar-refractivity contribution in [1.82, 2.24) is 14.9 Å². The molecule has 0 atom stereocenters. The van der Waals surface area contributed by atoms with E-state index in [9.17, 15) is 0 Å². The molecule has 0 amide bonds. The Morgan fingerprint density at radius 2 is 1.76 bits per heavy atom. The zero-order chi connectivity index (χ0) is 15.1. The lowest BCUT2D eigenvalue weighted by Crippen LogP contribution is -2.44. The normalized spacial score (nSPS) is 16.0. The van der Waals surface area contributed by atoms with Crippen LogP contribution in [0.3, 0.4) is 0 Å². The van der Waals surface area contributed by atoms with Gasteiger partial charge in [0.25, 0.3) is 0 Å². The number of halogens is 3. The molecule has 3 rings (SSSR count). The second-order valence-corrected chi connectivity index (χ2v) is 7.54. The van der Waals surface area contributed by atoms with Crippen LogP contribution < -0.4 is 10.2 Å². The molecule has 0 aliphatic carbocycles. The average molecular weight is 481 g/mol. The van der Waals surface area contributed by atoms with Crippen molar-refractivity contribution in [3.8, 4) is 0 Å². The molecule has 2 aromatic rings. The summed E-state index contributed by atoms with van der Waals surface area (Å²) < 4.78 is 5.52. The van der Waals surface area contributed by atoms with E-state index in [0.717, 1.165) is 63.1 Å². The predicted molar refractivity (Wildman–Crippen MR) is 98.3 cm³/mol. The standard InChI is InChI=1S/C14H17Br3N4/c1-3-21-13-11(17)9(15)8(2)10(16)12(13)19-14(21)20-6-4-18-5-7-20/h18H,3-7H2,1-2H3. The first-order valence-corrected chi connectivity index (χ1v) is 9.43. The van der Waals surface area contributed by atoms with Crippen LogP contribution in [0.5, 0.6) is 0 Å². The number of piperazine rings is 1. The Hall–Kier alpha value is -0.110. The van der Waals surface area contributed by atoms with Gasteiger partial charge in [0.15, 0.2) is 0 Å². The van der Waals surface area contributed by atoms with Crippen molar-refractivity contribution >= 4 is 64.8 Å². The molecule has 21 heavy (non-hydrogen) atoms. The lowest BCUT2D eigenvalue weighted by Gasteiger charge is -2.28. The summed E-state index contributed by atoms with van der Waals surface area (Å²) in [6.07, 6.45) is 0. The Balaban J connectivity index is 2.27. The van der Waals surface area contributed by atoms with Crippen molar-refractivity contribution in [2.24, 2.45) is 0 Å². The van der Waals surface area contributed by atoms with Gasteiger partial charge in [-0.1, -0.05) is 0 Å². The van der Waals surface area contributed by atoms with E-state index in [0.29, 0.717) is 0 Å². The van der Waals surface area contributed by atoms with Gasteiger partial charge in [0.1, 0.15) is 5.52 Å². The molecule has 0 radical (unpaired) electrons. The Bertz CT molecular complexity index is 690. The molecular weight excluding hydrogens is 464 g/mol. The first-order valence-electron chi connectivity index (χ1n) is 7.05. The fourth-order valence-corrected chi connectivity index (χ4v) is 4.59. The SMILES string of the molecule is CCn1c(N2CCNCC2)nc2c(Br)c(C)c(Br)c(Br)c21. The first-order chi connectivity index (χ1) is 10.1. The molecule has 1 aromatic heterocycles. The highest BCUT2D eigenvalue weighted by molar-refractivity contribution is 9.13. The van der Waals surface area contributed by atoms with E-state index in [1.54, 1.807) is 0 Å². The molecular formula is C14H17Br3N4. The number of nitrogens with zero attached hydrogens (tertiary/aromatic N) is 3. The monoisotopic (exact) mass is 478 g/mol. The highest BCUT2D eigenvalue weighted by Gasteiger charge is 2.23. The third kappa shape index (κ3) is 2.56. The van der Waals surface area contributed by atoms with Crippen LogP contribution in [0.1, 0.15) is 12.5 Å². The van der Waals surface area contributed by atoms with Gasteiger partial charge >= 0.3 is 0 Å². The minimum absolute atomic E-state index is 0.899. The van der Waals surface area contributed by atoms with Crippen LogP contribution in [0, 0.1) is 6.92 Å². The van der Waals surface area contributed by atoms with Gasteiger partial charge in [-0.25, -0.2) is 4.98 Å². The Morgan fingerprint density at radius 3 is 2.38 bits per heavy atom. The second kappa shape index (κ2) is 6.18. The molecule has 1 fully saturated rings. The van der Waals surface area contributed by atoms with Gasteiger partial charge in [-0.15, -0.1) is 0 Å². The largest absolute Gasteiger partial charge is 0.340 e. The molecule has 7 heteroatoms. The summed E-state index contributed by atoms with van der Waals surface area (Å²) in [5, 5.41) is 3.39. The highest BCUT2D eigenvalue weighted by atomic mass is 79.9. The quantitative estimate of drug-likeness (QED) is 0.658. The minimum atomic E-state index is 0.899. The summed E-state index contributed by atoms with van der Waals surface area (Å²) in [5.41, 5.74) is 3.34. The third-order valence-corrected chi connectivity index (χ3v) is 7.20. The molecule has 1 aliphatic heterocycles. The molecule has 114 valence electrons. The van der Waals surface area contributed by atoms with E-state index in [1.165, 1.54) is 5.56 Å². The van der Waals surface area contributed by atoms with Crippen molar-refractivity contribution in [3.63, 3.8) is 0 Å². The van der Waals surface area contributed by atoms with Gasteiger partial charge in [0.05, 0.1) is 9.99 Å². The Kier molecular flexibility index (Phi) is 4.64. The maximum atomic E-state index is 4.93. The molecule has 1 N–H and O–H groups in total. The van der Waals surface area contributed by atoms with Crippen LogP contribution >= 0.6 is 47.8 Å². The minimum Gasteiger partial charge on any atom is -0.340 e. The van der Waals surface area contributed by atoms with Crippen LogP contribution in [0.4, 0.5) is 5.95 Å². The Labute approximate surface area is 149 Å². The van der Waals surface area contributed by atoms with E-state index < -0.39 is 0 Å². The van der Waals surface area contributed by atoms with Crippen molar-refractivity contribution < 1.29 is 0 Å². The van der Waals surface area contributed by atoms with E-state index in [2.05, 4.69) is 76.4 Å². The summed E-state index contributed by atoms with van der Waals surface area (Å²) in [4.78, 5) is 7.30. The number of imidazole rings is 1. The van der Waals surface area contributed by atoms with Crippen molar-refractivity contribution in [2.45, 2.75) is 20.4 Å². The fraction of sp³-hybridized carbons (Fsp3) is 0.500. The van der Waals surface area contributed by atoms with Crippen LogP contribution in [-0.2, 0) is 6.54 Å². The predicted octanol–water partition coefficient (Wildman–Crippen LogP) is 4.06. The molecule has 0 unspecified atom stereocenters. The van der Waals surface area contributed by atoms with Crippen LogP contribution in [0.15, 0.2) is 13.4 Å². The summed E-state index contributed by atoms with van der Waals surface area (Å²) >= 11 is 11.1. The topological polar surface area (TPSA) is 33.1 Å². The van der Waals surface area contributed by atoms with E-state index in [4.69, 9.17) is 4.98 Å². The maximum Gasteiger partial charge on any atom is 0.206 e. The number of fused-ring (bicyclic) bond motifs is 1. The second-order valence-electron chi connectivity index (χ2n) is 5.16. The van der Waals surface area contributed by atoms with E-state index >= 15 is 0 Å². The number of anilines is 1. The number of hydrogen-bond acceptors (Lipinski definition) is 3. The number of hydrogen-bond donors (Lipinski definition) is 1. The van der Waals surface area contributed by atoms with Crippen molar-refractivity contribution in [3.05, 3.63) is 19.0 Å². The lowest BCUT2D eigenvalue weighted by molar-refractivity contribution is 0.570. The molecule has 4 nitrogen and oxygen atoms in total. The Morgan fingerprint density at radius 1 is 1.10 bits per heavy atom. The molecule has 1 aromatic carbocycles. The first kappa shape index (κ1) is 15.8. The summed E-state index contributed by atoms with van der Waals surface area (Å²) in [5.74, 6) is 1.06. The van der Waals surface area contributed by atoms with Crippen LogP contribution in [0.25, 0.3) is 11.0 Å². The summed E-state index contributed by atoms with van der Waals surface area (Å²) in [7, 11) is 0. The van der Waals surface area contributed by atoms with Gasteiger partial charge in [0.2, 0.25) is 5.95 Å².